The number of guanidine groups is 1. The molecule has 3 aliphatic rings. The molecule has 5 rings (SSSR count). The van der Waals surface area contributed by atoms with Crippen molar-refractivity contribution < 1.29 is 14.3 Å². The number of likely N-dealkylation sites (N-methyl/N-ethyl adjacent to an activating group) is 1. The van der Waals surface area contributed by atoms with E-state index in [1.54, 1.807) is 19.1 Å². The third kappa shape index (κ3) is 3.10. The molecule has 3 amide bonds. The number of methoxy groups -OCH3 is 1. The Hall–Kier alpha value is -3.55. The first kappa shape index (κ1) is 19.4. The second-order valence-electron chi connectivity index (χ2n) is 8.14. The van der Waals surface area contributed by atoms with Gasteiger partial charge in [-0.15, -0.1) is 0 Å². The van der Waals surface area contributed by atoms with Gasteiger partial charge in [-0.25, -0.2) is 9.79 Å². The summed E-state index contributed by atoms with van der Waals surface area (Å²) >= 11 is 0. The van der Waals surface area contributed by atoms with Crippen molar-refractivity contribution in [1.29, 1.82) is 0 Å². The summed E-state index contributed by atoms with van der Waals surface area (Å²) < 4.78 is 5.35. The van der Waals surface area contributed by atoms with Crippen LogP contribution in [0.3, 0.4) is 0 Å². The summed E-state index contributed by atoms with van der Waals surface area (Å²) in [6.07, 6.45) is -0.517. The first-order valence-electron chi connectivity index (χ1n) is 10.4. The fourth-order valence-electron chi connectivity index (χ4n) is 4.60. The number of amides is 3. The van der Waals surface area contributed by atoms with E-state index in [0.29, 0.717) is 6.54 Å². The zero-order valence-corrected chi connectivity index (χ0v) is 17.9. The van der Waals surface area contributed by atoms with Gasteiger partial charge in [-0.1, -0.05) is 35.9 Å². The maximum absolute atomic E-state index is 13.5. The van der Waals surface area contributed by atoms with E-state index in [4.69, 9.17) is 9.73 Å². The minimum atomic E-state index is -0.517. The SMILES string of the molecule is COc1cccc(N2CCN3C2=NC2C3C(=O)N(Cc3cccc(C)c3)C(=O)N2C)c1. The van der Waals surface area contributed by atoms with Gasteiger partial charge in [0.05, 0.1) is 13.7 Å². The normalized spacial score (nSPS) is 22.6. The van der Waals surface area contributed by atoms with Gasteiger partial charge in [0.1, 0.15) is 5.75 Å². The summed E-state index contributed by atoms with van der Waals surface area (Å²) in [4.78, 5) is 38.3. The van der Waals surface area contributed by atoms with E-state index in [0.717, 1.165) is 35.1 Å². The first-order valence-corrected chi connectivity index (χ1v) is 10.4. The Balaban J connectivity index is 1.43. The molecule has 8 heteroatoms. The maximum Gasteiger partial charge on any atom is 0.328 e. The number of aryl methyl sites for hydroxylation is 1. The average molecular weight is 419 g/mol. The zero-order valence-electron chi connectivity index (χ0n) is 17.9. The van der Waals surface area contributed by atoms with Crippen LogP contribution in [-0.2, 0) is 11.3 Å². The van der Waals surface area contributed by atoms with Crippen molar-refractivity contribution in [3.8, 4) is 5.75 Å². The topological polar surface area (TPSA) is 68.7 Å². The lowest BCUT2D eigenvalue weighted by Crippen LogP contribution is -2.64. The van der Waals surface area contributed by atoms with Crippen LogP contribution in [0.4, 0.5) is 10.5 Å². The number of urea groups is 1. The summed E-state index contributed by atoms with van der Waals surface area (Å²) in [5.74, 6) is 1.30. The fraction of sp³-hybridized carbons (Fsp3) is 0.348. The largest absolute Gasteiger partial charge is 0.497 e. The molecule has 0 saturated carbocycles. The van der Waals surface area contributed by atoms with Crippen molar-refractivity contribution in [3.63, 3.8) is 0 Å². The van der Waals surface area contributed by atoms with Crippen molar-refractivity contribution >= 4 is 23.6 Å². The third-order valence-corrected chi connectivity index (χ3v) is 6.17. The maximum atomic E-state index is 13.5. The summed E-state index contributed by atoms with van der Waals surface area (Å²) in [5.41, 5.74) is 2.99. The Kier molecular flexibility index (Phi) is 4.57. The van der Waals surface area contributed by atoms with Gasteiger partial charge < -0.3 is 19.4 Å². The molecule has 0 N–H and O–H groups in total. The molecule has 31 heavy (non-hydrogen) atoms. The monoisotopic (exact) mass is 419 g/mol. The standard InChI is InChI=1S/C23H25N5O3/c1-15-6-4-7-16(12-15)14-28-21(29)19-20(25(2)23(28)30)24-22-26(10-11-27(19)22)17-8-5-9-18(13-17)31-3/h4-9,12-13,19-20H,10-11,14H2,1-3H3. The number of carbonyl (C=O) groups is 2. The van der Waals surface area contributed by atoms with Gasteiger partial charge in [-0.3, -0.25) is 9.69 Å². The van der Waals surface area contributed by atoms with Crippen LogP contribution < -0.4 is 9.64 Å². The Morgan fingerprint density at radius 1 is 1.10 bits per heavy atom. The second kappa shape index (κ2) is 7.30. The minimum absolute atomic E-state index is 0.194. The highest BCUT2D eigenvalue weighted by Gasteiger charge is 2.54. The van der Waals surface area contributed by atoms with Crippen LogP contribution in [-0.4, -0.2) is 72.1 Å². The van der Waals surface area contributed by atoms with Crippen LogP contribution in [0.15, 0.2) is 53.5 Å². The quantitative estimate of drug-likeness (QED) is 0.761. The predicted molar refractivity (Wildman–Crippen MR) is 117 cm³/mol. The van der Waals surface area contributed by atoms with Gasteiger partial charge in [0.2, 0.25) is 5.96 Å². The van der Waals surface area contributed by atoms with E-state index in [2.05, 4.69) is 4.90 Å². The molecule has 8 nitrogen and oxygen atoms in total. The Bertz CT molecular complexity index is 1080. The molecule has 160 valence electrons. The molecule has 3 heterocycles. The van der Waals surface area contributed by atoms with Crippen LogP contribution in [0.1, 0.15) is 11.1 Å². The lowest BCUT2D eigenvalue weighted by molar-refractivity contribution is -0.137. The average Bonchev–Trinajstić information content (AvgIpc) is 3.35. The van der Waals surface area contributed by atoms with Crippen molar-refractivity contribution in [2.75, 3.05) is 32.1 Å². The highest BCUT2D eigenvalue weighted by Crippen LogP contribution is 2.34. The number of fused-ring (bicyclic) bond motifs is 3. The van der Waals surface area contributed by atoms with Crippen LogP contribution in [0.2, 0.25) is 0 Å². The number of benzene rings is 2. The molecule has 2 aromatic carbocycles. The number of anilines is 1. The van der Waals surface area contributed by atoms with Crippen LogP contribution in [0, 0.1) is 6.92 Å². The molecule has 0 radical (unpaired) electrons. The molecule has 0 spiro atoms. The van der Waals surface area contributed by atoms with Crippen molar-refractivity contribution in [3.05, 3.63) is 59.7 Å². The van der Waals surface area contributed by atoms with Gasteiger partial charge >= 0.3 is 6.03 Å². The lowest BCUT2D eigenvalue weighted by atomic mass is 10.1. The number of ether oxygens (including phenoxy) is 1. The number of nitrogens with zero attached hydrogens (tertiary/aromatic N) is 5. The molecular weight excluding hydrogens is 394 g/mol. The number of hydrogen-bond donors (Lipinski definition) is 0. The first-order chi connectivity index (χ1) is 15.0. The van der Waals surface area contributed by atoms with Gasteiger partial charge in [-0.05, 0) is 24.6 Å². The van der Waals surface area contributed by atoms with E-state index in [1.807, 2.05) is 60.4 Å². The molecule has 0 aliphatic carbocycles. The highest BCUT2D eigenvalue weighted by molar-refractivity contribution is 6.08. The van der Waals surface area contributed by atoms with E-state index in [1.165, 1.54) is 4.90 Å². The zero-order chi connectivity index (χ0) is 21.7. The van der Waals surface area contributed by atoms with E-state index in [9.17, 15) is 9.59 Å². The van der Waals surface area contributed by atoms with E-state index in [-0.39, 0.29) is 18.5 Å². The van der Waals surface area contributed by atoms with Crippen LogP contribution in [0.25, 0.3) is 0 Å². The Morgan fingerprint density at radius 3 is 2.68 bits per heavy atom. The molecule has 2 aromatic rings. The molecule has 0 aromatic heterocycles. The molecule has 2 fully saturated rings. The van der Waals surface area contributed by atoms with Crippen LogP contribution in [0.5, 0.6) is 5.75 Å². The smallest absolute Gasteiger partial charge is 0.328 e. The highest BCUT2D eigenvalue weighted by atomic mass is 16.5. The third-order valence-electron chi connectivity index (χ3n) is 6.17. The Labute approximate surface area is 181 Å². The van der Waals surface area contributed by atoms with E-state index >= 15 is 0 Å². The molecule has 3 aliphatic heterocycles. The summed E-state index contributed by atoms with van der Waals surface area (Å²) in [5, 5.41) is 0. The predicted octanol–water partition coefficient (Wildman–Crippen LogP) is 2.28. The van der Waals surface area contributed by atoms with Gasteiger partial charge in [0.25, 0.3) is 5.91 Å². The van der Waals surface area contributed by atoms with Crippen LogP contribution >= 0.6 is 0 Å². The fourth-order valence-corrected chi connectivity index (χ4v) is 4.60. The summed E-state index contributed by atoms with van der Waals surface area (Å²) in [7, 11) is 3.36. The van der Waals surface area contributed by atoms with Crippen molar-refractivity contribution in [1.82, 2.24) is 14.7 Å². The second-order valence-corrected chi connectivity index (χ2v) is 8.14. The minimum Gasteiger partial charge on any atom is -0.497 e. The number of hydrogen-bond acceptors (Lipinski definition) is 6. The molecular formula is C23H25N5O3. The number of rotatable bonds is 4. The number of imide groups is 1. The number of carbonyl (C=O) groups excluding carboxylic acids is 2. The van der Waals surface area contributed by atoms with Gasteiger partial charge in [-0.2, -0.15) is 0 Å². The number of aliphatic imine (C=N–C) groups is 1. The molecule has 0 bridgehead atoms. The molecule has 2 saturated heterocycles. The van der Waals surface area contributed by atoms with Crippen molar-refractivity contribution in [2.45, 2.75) is 25.7 Å². The summed E-state index contributed by atoms with van der Waals surface area (Å²) in [6.45, 7) is 3.65. The summed E-state index contributed by atoms with van der Waals surface area (Å²) in [6, 6.07) is 14.9. The molecule has 2 atom stereocenters. The lowest BCUT2D eigenvalue weighted by Gasteiger charge is -2.40. The van der Waals surface area contributed by atoms with Gasteiger partial charge in [0, 0.05) is 31.9 Å². The molecule has 2 unspecified atom stereocenters. The van der Waals surface area contributed by atoms with Crippen molar-refractivity contribution in [2.24, 2.45) is 4.99 Å². The van der Waals surface area contributed by atoms with E-state index < -0.39 is 12.2 Å². The van der Waals surface area contributed by atoms with Gasteiger partial charge in [0.15, 0.2) is 12.2 Å². The Morgan fingerprint density at radius 2 is 1.90 bits per heavy atom.